The van der Waals surface area contributed by atoms with Crippen LogP contribution >= 0.6 is 0 Å². The zero-order chi connectivity index (χ0) is 13.3. The first kappa shape index (κ1) is 15.4. The van der Waals surface area contributed by atoms with Crippen molar-refractivity contribution in [3.8, 4) is 6.07 Å². The number of amides is 1. The number of nitriles is 1. The molecule has 0 aliphatic rings. The normalized spacial score (nSPS) is 11.4. The Balaban J connectivity index is 4.47. The predicted molar refractivity (Wildman–Crippen MR) is 59.9 cm³/mol. The third-order valence-electron chi connectivity index (χ3n) is 2.07. The highest BCUT2D eigenvalue weighted by molar-refractivity contribution is 5.85. The molecule has 0 aliphatic carbocycles. The van der Waals surface area contributed by atoms with Crippen LogP contribution in [0, 0.1) is 17.2 Å². The first-order valence-corrected chi connectivity index (χ1v) is 5.39. The van der Waals surface area contributed by atoms with Gasteiger partial charge in [0.15, 0.2) is 0 Å². The molecule has 1 amide bonds. The van der Waals surface area contributed by atoms with E-state index in [1.54, 1.807) is 6.92 Å². The molecular weight excluding hydrogens is 224 g/mol. The van der Waals surface area contributed by atoms with Crippen LogP contribution in [0.15, 0.2) is 0 Å². The van der Waals surface area contributed by atoms with Crippen molar-refractivity contribution in [2.75, 3.05) is 33.4 Å². The van der Waals surface area contributed by atoms with Gasteiger partial charge in [-0.25, -0.2) is 0 Å². The van der Waals surface area contributed by atoms with Crippen LogP contribution in [0.3, 0.4) is 0 Å². The van der Waals surface area contributed by atoms with Gasteiger partial charge in [-0.1, -0.05) is 0 Å². The van der Waals surface area contributed by atoms with Gasteiger partial charge in [0.1, 0.15) is 12.5 Å². The van der Waals surface area contributed by atoms with E-state index in [2.05, 4.69) is 0 Å². The van der Waals surface area contributed by atoms with Crippen molar-refractivity contribution in [3.05, 3.63) is 0 Å². The third-order valence-corrected chi connectivity index (χ3v) is 2.07. The predicted octanol–water partition coefficient (Wildman–Crippen LogP) is 0.184. The fourth-order valence-electron chi connectivity index (χ4n) is 1.16. The van der Waals surface area contributed by atoms with E-state index < -0.39 is 17.8 Å². The number of nitrogens with zero attached hydrogens (tertiary/aromatic N) is 2. The molecule has 17 heavy (non-hydrogen) atoms. The van der Waals surface area contributed by atoms with Gasteiger partial charge in [-0.15, -0.1) is 0 Å². The van der Waals surface area contributed by atoms with E-state index in [-0.39, 0.29) is 19.7 Å². The number of hydrogen-bond acceptors (Lipinski definition) is 5. The monoisotopic (exact) mass is 242 g/mol. The fraction of sp³-hybridized carbons (Fsp3) is 0.727. The first-order chi connectivity index (χ1) is 8.06. The van der Waals surface area contributed by atoms with Gasteiger partial charge in [0.05, 0.1) is 19.3 Å². The van der Waals surface area contributed by atoms with Crippen LogP contribution in [-0.2, 0) is 19.1 Å². The Kier molecular flexibility index (Phi) is 7.72. The lowest BCUT2D eigenvalue weighted by atomic mass is 10.2. The van der Waals surface area contributed by atoms with Gasteiger partial charge < -0.3 is 14.4 Å². The minimum Gasteiger partial charge on any atom is -0.465 e. The highest BCUT2D eigenvalue weighted by Gasteiger charge is 2.22. The zero-order valence-electron chi connectivity index (χ0n) is 10.4. The van der Waals surface area contributed by atoms with Gasteiger partial charge in [-0.3, -0.25) is 9.59 Å². The second kappa shape index (κ2) is 8.53. The van der Waals surface area contributed by atoms with Crippen molar-refractivity contribution in [3.63, 3.8) is 0 Å². The number of rotatable bonds is 7. The maximum absolute atomic E-state index is 11.8. The number of carbonyl (C=O) groups is 2. The SMILES string of the molecule is CCOC(=O)CN(CCOC)C(=O)C(C)C#N. The van der Waals surface area contributed by atoms with Gasteiger partial charge in [0.25, 0.3) is 0 Å². The van der Waals surface area contributed by atoms with Gasteiger partial charge in [-0.05, 0) is 13.8 Å². The maximum atomic E-state index is 11.8. The molecule has 0 aliphatic heterocycles. The summed E-state index contributed by atoms with van der Waals surface area (Å²) >= 11 is 0. The van der Waals surface area contributed by atoms with E-state index in [1.807, 2.05) is 6.07 Å². The van der Waals surface area contributed by atoms with Crippen LogP contribution in [0.2, 0.25) is 0 Å². The van der Waals surface area contributed by atoms with Gasteiger partial charge in [-0.2, -0.15) is 5.26 Å². The summed E-state index contributed by atoms with van der Waals surface area (Å²) in [7, 11) is 1.50. The van der Waals surface area contributed by atoms with Crippen molar-refractivity contribution in [2.24, 2.45) is 5.92 Å². The van der Waals surface area contributed by atoms with Crippen LogP contribution in [0.1, 0.15) is 13.8 Å². The molecule has 0 aromatic carbocycles. The Morgan fingerprint density at radius 2 is 2.12 bits per heavy atom. The van der Waals surface area contributed by atoms with E-state index in [4.69, 9.17) is 14.7 Å². The van der Waals surface area contributed by atoms with Crippen molar-refractivity contribution < 1.29 is 19.1 Å². The summed E-state index contributed by atoms with van der Waals surface area (Å²) in [5.41, 5.74) is 0. The number of esters is 1. The van der Waals surface area contributed by atoms with Crippen LogP contribution in [-0.4, -0.2) is 50.2 Å². The van der Waals surface area contributed by atoms with E-state index in [1.165, 1.54) is 18.9 Å². The maximum Gasteiger partial charge on any atom is 0.325 e. The zero-order valence-corrected chi connectivity index (χ0v) is 10.4. The largest absolute Gasteiger partial charge is 0.465 e. The van der Waals surface area contributed by atoms with Crippen molar-refractivity contribution in [1.29, 1.82) is 5.26 Å². The smallest absolute Gasteiger partial charge is 0.325 e. The molecule has 0 aromatic rings. The van der Waals surface area contributed by atoms with E-state index in [0.29, 0.717) is 6.61 Å². The Bertz CT molecular complexity index is 298. The van der Waals surface area contributed by atoms with Crippen LogP contribution in [0.5, 0.6) is 0 Å². The summed E-state index contributed by atoms with van der Waals surface area (Å²) in [6.45, 7) is 3.87. The number of methoxy groups -OCH3 is 1. The van der Waals surface area contributed by atoms with Gasteiger partial charge in [0.2, 0.25) is 5.91 Å². The highest BCUT2D eigenvalue weighted by atomic mass is 16.5. The van der Waals surface area contributed by atoms with Crippen LogP contribution in [0.25, 0.3) is 0 Å². The van der Waals surface area contributed by atoms with Crippen LogP contribution in [0.4, 0.5) is 0 Å². The summed E-state index contributed by atoms with van der Waals surface area (Å²) in [5, 5.41) is 8.67. The average Bonchev–Trinajstić information content (AvgIpc) is 2.32. The molecule has 0 heterocycles. The third kappa shape index (κ3) is 5.88. The summed E-state index contributed by atoms with van der Waals surface area (Å²) in [4.78, 5) is 24.3. The molecule has 0 rings (SSSR count). The molecule has 0 radical (unpaired) electrons. The summed E-state index contributed by atoms with van der Waals surface area (Å²) in [5.74, 6) is -1.65. The molecule has 0 fully saturated rings. The van der Waals surface area contributed by atoms with E-state index in [9.17, 15) is 9.59 Å². The standard InChI is InChI=1S/C11H18N2O4/c1-4-17-10(14)8-13(5-6-16-3)11(15)9(2)7-12/h9H,4-6,8H2,1-3H3. The second-order valence-electron chi connectivity index (χ2n) is 3.41. The van der Waals surface area contributed by atoms with Crippen molar-refractivity contribution in [1.82, 2.24) is 4.90 Å². The lowest BCUT2D eigenvalue weighted by Gasteiger charge is -2.22. The average molecular weight is 242 g/mol. The number of carbonyl (C=O) groups excluding carboxylic acids is 2. The van der Waals surface area contributed by atoms with Gasteiger partial charge in [0, 0.05) is 13.7 Å². The quantitative estimate of drug-likeness (QED) is 0.595. The minimum absolute atomic E-state index is 0.151. The van der Waals surface area contributed by atoms with E-state index in [0.717, 1.165) is 0 Å². The highest BCUT2D eigenvalue weighted by Crippen LogP contribution is 2.02. The fourth-order valence-corrected chi connectivity index (χ4v) is 1.16. The van der Waals surface area contributed by atoms with Crippen LogP contribution < -0.4 is 0 Å². The Labute approximate surface area is 101 Å². The Morgan fingerprint density at radius 1 is 1.47 bits per heavy atom. The summed E-state index contributed by atoms with van der Waals surface area (Å²) in [6.07, 6.45) is 0. The van der Waals surface area contributed by atoms with Gasteiger partial charge >= 0.3 is 5.97 Å². The molecule has 0 N–H and O–H groups in total. The molecule has 0 aromatic heterocycles. The molecule has 0 saturated carbocycles. The topological polar surface area (TPSA) is 79.6 Å². The molecular formula is C11H18N2O4. The first-order valence-electron chi connectivity index (χ1n) is 5.39. The Morgan fingerprint density at radius 3 is 2.59 bits per heavy atom. The molecule has 0 spiro atoms. The minimum atomic E-state index is -0.777. The summed E-state index contributed by atoms with van der Waals surface area (Å²) in [6, 6.07) is 1.84. The molecule has 1 unspecified atom stereocenters. The number of ether oxygens (including phenoxy) is 2. The summed E-state index contributed by atoms with van der Waals surface area (Å²) < 4.78 is 9.61. The number of hydrogen-bond donors (Lipinski definition) is 0. The molecule has 0 saturated heterocycles. The second-order valence-corrected chi connectivity index (χ2v) is 3.41. The van der Waals surface area contributed by atoms with Crippen molar-refractivity contribution in [2.45, 2.75) is 13.8 Å². The van der Waals surface area contributed by atoms with Crippen molar-refractivity contribution >= 4 is 11.9 Å². The Hall–Kier alpha value is -1.61. The molecule has 96 valence electrons. The van der Waals surface area contributed by atoms with E-state index >= 15 is 0 Å². The molecule has 6 nitrogen and oxygen atoms in total. The lowest BCUT2D eigenvalue weighted by Crippen LogP contribution is -2.41. The lowest BCUT2D eigenvalue weighted by molar-refractivity contribution is -0.149. The molecule has 6 heteroatoms. The molecule has 0 bridgehead atoms. The molecule has 1 atom stereocenters.